The molecule has 876 valence electrons. The van der Waals surface area contributed by atoms with E-state index in [1.165, 1.54) is 186 Å². The molecule has 0 heterocycles. The van der Waals surface area contributed by atoms with E-state index in [-0.39, 0.29) is 5.91 Å². The summed E-state index contributed by atoms with van der Waals surface area (Å²) in [5.74, 6) is -2.65. The molecule has 0 spiro atoms. The number of nitrogens with one attached hydrogen (secondary N) is 1. The lowest BCUT2D eigenvalue weighted by atomic mass is 10.3. The van der Waals surface area contributed by atoms with Crippen molar-refractivity contribution in [2.24, 2.45) is 5.73 Å². The van der Waals surface area contributed by atoms with Gasteiger partial charge in [-0.05, 0) is 13.3 Å². The lowest BCUT2D eigenvalue weighted by Gasteiger charge is -2.41. The molecular formula is C125H275F3N2O3Si13. The number of halogens is 3. The molecule has 0 aliphatic carbocycles. The second-order valence-electron chi connectivity index (χ2n) is 53.0. The summed E-state index contributed by atoms with van der Waals surface area (Å²) >= 11 is 0. The molecule has 0 aliphatic heterocycles. The Hall–Kier alpha value is 1.51. The van der Waals surface area contributed by atoms with Gasteiger partial charge in [0.2, 0.25) is 5.91 Å². The van der Waals surface area contributed by atoms with Gasteiger partial charge in [-0.3, -0.25) is 4.79 Å². The quantitative estimate of drug-likeness (QED) is 0.0418. The van der Waals surface area contributed by atoms with Gasteiger partial charge in [0, 0.05) is 6.54 Å². The Morgan fingerprint density at radius 1 is 0.185 bits per heavy atom. The number of nitrogens with two attached hydrogens (primary N) is 1. The first-order chi connectivity index (χ1) is 69.9. The van der Waals surface area contributed by atoms with Crippen molar-refractivity contribution in [1.29, 1.82) is 0 Å². The summed E-state index contributed by atoms with van der Waals surface area (Å²) in [5.41, 5.74) is 6.68. The van der Waals surface area contributed by atoms with Crippen LogP contribution in [0.5, 0.6) is 0 Å². The number of carboxylic acid groups (broad SMARTS) is 1. The highest BCUT2D eigenvalue weighted by Gasteiger charge is 2.47. The van der Waals surface area contributed by atoms with Gasteiger partial charge in [-0.2, -0.15) is 13.2 Å². The van der Waals surface area contributed by atoms with Crippen molar-refractivity contribution >= 4 is 117 Å². The Morgan fingerprint density at radius 2 is 0.260 bits per heavy atom. The summed E-state index contributed by atoms with van der Waals surface area (Å²) in [5, 5.41) is 10.8. The molecule has 0 saturated carbocycles. The number of alkyl halides is 3. The van der Waals surface area contributed by atoms with Crippen LogP contribution in [0.2, 0.25) is 314 Å². The van der Waals surface area contributed by atoms with Crippen LogP contribution in [0.1, 0.15) is 451 Å². The molecule has 0 aromatic carbocycles. The Balaban J connectivity index is 0. The number of carbonyl (C=O) groups is 2. The number of hydrogen-bond acceptors (Lipinski definition) is 3. The Kier molecular flexibility index (Phi) is 89.4. The molecule has 0 radical (unpaired) electrons. The van der Waals surface area contributed by atoms with E-state index in [1.54, 1.807) is 385 Å². The summed E-state index contributed by atoms with van der Waals surface area (Å²) in [6.07, 6.45) is 53.9. The van der Waals surface area contributed by atoms with Crippen LogP contribution in [0.4, 0.5) is 13.2 Å². The zero-order valence-electron chi connectivity index (χ0n) is 106. The van der Waals surface area contributed by atoms with Crippen LogP contribution in [-0.4, -0.2) is 141 Å². The number of rotatable bonds is 107. The normalized spacial score (nSPS) is 13.6. The second kappa shape index (κ2) is 87.3. The van der Waals surface area contributed by atoms with Crippen LogP contribution in [-0.2, 0) is 9.59 Å². The smallest absolute Gasteiger partial charge is 0.475 e. The van der Waals surface area contributed by atoms with Crippen LogP contribution < -0.4 is 11.1 Å². The third kappa shape index (κ3) is 60.8. The van der Waals surface area contributed by atoms with E-state index in [0.29, 0.717) is 0 Å². The van der Waals surface area contributed by atoms with Crippen molar-refractivity contribution in [2.45, 2.75) is 777 Å². The first-order valence-corrected chi connectivity index (χ1v) is 104. The van der Waals surface area contributed by atoms with Gasteiger partial charge in [0.15, 0.2) is 0 Å². The van der Waals surface area contributed by atoms with Crippen molar-refractivity contribution in [1.82, 2.24) is 5.32 Å². The van der Waals surface area contributed by atoms with E-state index in [4.69, 9.17) is 15.6 Å². The predicted molar refractivity (Wildman–Crippen MR) is 703 cm³/mol. The largest absolute Gasteiger partial charge is 0.490 e. The zero-order chi connectivity index (χ0) is 110. The summed E-state index contributed by atoms with van der Waals surface area (Å²) in [7, 11) is -20.1. The number of amides is 1. The van der Waals surface area contributed by atoms with Crippen molar-refractivity contribution in [3.05, 3.63) is 0 Å². The highest BCUT2D eigenvalue weighted by atomic mass is 28.4. The van der Waals surface area contributed by atoms with Gasteiger partial charge < -0.3 is 16.2 Å². The molecule has 0 fully saturated rings. The zero-order valence-corrected chi connectivity index (χ0v) is 119. The first kappa shape index (κ1) is 150. The molecule has 0 unspecified atom stereocenters. The molecule has 0 aliphatic rings. The summed E-state index contributed by atoms with van der Waals surface area (Å²) < 4.78 is 31.7. The standard InChI is InChI=1S/C123H274N2OSi13.C2HF3O2/c1-29-70-127(71-30-2,72-31-3)98-57-110-137(111-58-99-128(73-32-4,74-33-5)75-34-6,112-59-100-129(76-35-7,77-36-8)78-37-9)119-66-107-136(97-56-69-125-123(126)122(28)124,108-67-120-138(113-60-101-130(79-38-10,80-39-11)81-40-12,114-61-102-131(82-41-13,83-42-14)84-43-15)115-62-103-132(85-44-16,86-45-17)87-46-18)109-68-121-139(116-63-104-133(88-47-19,89-48-20)90-49-21,117-64-105-134(91-50-22,92-51-23)93-52-24)118-65-106-135(94-53-25,95-54-26)96-55-27;3-2(4,5)1(6)7/h122H,29-121,124H2,1-28H3,(H,125,126);(H,6,7)/t122-;/m0./s1. The summed E-state index contributed by atoms with van der Waals surface area (Å²) in [4.78, 5) is 23.1. The molecule has 0 bridgehead atoms. The average Bonchev–Trinajstić information content (AvgIpc) is 0.818. The average molecular weight is 2280 g/mol. The van der Waals surface area contributed by atoms with E-state index >= 15 is 0 Å². The van der Waals surface area contributed by atoms with Gasteiger partial charge >= 0.3 is 12.1 Å². The molecule has 1 amide bonds. The number of carbonyl (C=O) groups excluding carboxylic acids is 1. The van der Waals surface area contributed by atoms with E-state index in [2.05, 4.69) is 192 Å². The third-order valence-electron chi connectivity index (χ3n) is 39.9. The molecule has 4 N–H and O–H groups in total. The molecule has 21 heteroatoms. The van der Waals surface area contributed by atoms with Gasteiger partial charge in [-0.15, -0.1) is 0 Å². The fourth-order valence-electron chi connectivity index (χ4n) is 35.0. The monoisotopic (exact) mass is 2270 g/mol. The van der Waals surface area contributed by atoms with Gasteiger partial charge in [0.05, 0.1) is 111 Å². The van der Waals surface area contributed by atoms with Gasteiger partial charge in [-0.1, -0.05) is 752 Å². The maximum absolute atomic E-state index is 14.2. The molecule has 0 saturated heterocycles. The van der Waals surface area contributed by atoms with Crippen LogP contribution in [0.3, 0.4) is 0 Å². The fraction of sp³-hybridized carbons (Fsp3) is 0.984. The van der Waals surface area contributed by atoms with Crippen molar-refractivity contribution in [3.63, 3.8) is 0 Å². The maximum Gasteiger partial charge on any atom is 0.490 e. The maximum atomic E-state index is 14.2. The summed E-state index contributed by atoms with van der Waals surface area (Å²) in [6, 6.07) is 84.4. The third-order valence-corrected chi connectivity index (χ3v) is 117. The van der Waals surface area contributed by atoms with E-state index in [0.717, 1.165) is 6.54 Å². The highest BCUT2D eigenvalue weighted by Crippen LogP contribution is 2.51. The van der Waals surface area contributed by atoms with E-state index < -0.39 is 123 Å². The van der Waals surface area contributed by atoms with Crippen LogP contribution in [0.15, 0.2) is 0 Å². The SMILES string of the molecule is CCC[Si](CCC)(CCC)CCC[Si](CCC[Si](CCC)(CCC)CCC)(CCC[Si](CCC)(CCC)CCC)CCC[Si](CCCNC(=O)[C@H](C)N)(CCC[Si](CCC[Si](CCC)(CCC)CCC)(CCC[Si](CCC)(CCC)CCC)CCC[Si](CCC)(CCC)CCC)CCC[Si](CCC[Si](CCC)(CCC)CCC)(CCC[Si](CCC)(CCC)CCC)CCC[Si](CCC)(CCC)CCC.O=C(O)C(F)(F)F. The van der Waals surface area contributed by atoms with Crippen LogP contribution in [0.25, 0.3) is 0 Å². The number of aliphatic carboxylic acids is 1. The lowest BCUT2D eigenvalue weighted by molar-refractivity contribution is -0.192. The van der Waals surface area contributed by atoms with Crippen molar-refractivity contribution in [2.75, 3.05) is 6.54 Å². The molecular weight excluding hydrogens is 2000 g/mol. The van der Waals surface area contributed by atoms with Gasteiger partial charge in [-0.25, -0.2) is 4.79 Å². The minimum absolute atomic E-state index is 0.111. The Labute approximate surface area is 931 Å². The molecule has 0 aromatic rings. The number of hydrogen-bond donors (Lipinski definition) is 3. The van der Waals surface area contributed by atoms with Gasteiger partial charge in [0.1, 0.15) is 0 Å². The van der Waals surface area contributed by atoms with E-state index in [1.807, 2.05) is 6.92 Å². The lowest BCUT2D eigenvalue weighted by Crippen LogP contribution is -2.42. The summed E-state index contributed by atoms with van der Waals surface area (Å²) in [6.45, 7) is 73.1. The Morgan fingerprint density at radius 3 is 0.329 bits per heavy atom. The minimum atomic E-state index is -5.08. The Bertz CT molecular complexity index is 2350. The highest BCUT2D eigenvalue weighted by molar-refractivity contribution is 6.87. The molecule has 0 aromatic heterocycles. The molecule has 1 atom stereocenters. The minimum Gasteiger partial charge on any atom is -0.475 e. The molecule has 146 heavy (non-hydrogen) atoms. The van der Waals surface area contributed by atoms with Crippen LogP contribution >= 0.6 is 0 Å². The fourth-order valence-corrected chi connectivity index (χ4v) is 111. The molecule has 5 nitrogen and oxygen atoms in total. The van der Waals surface area contributed by atoms with Crippen LogP contribution in [0, 0.1) is 0 Å². The second-order valence-corrected chi connectivity index (χ2v) is 118. The van der Waals surface area contributed by atoms with E-state index in [9.17, 15) is 18.0 Å². The van der Waals surface area contributed by atoms with Gasteiger partial charge in [0.25, 0.3) is 0 Å². The molecule has 0 rings (SSSR count). The topological polar surface area (TPSA) is 92.4 Å². The first-order valence-electron chi connectivity index (χ1n) is 67.2. The van der Waals surface area contributed by atoms with Crippen molar-refractivity contribution in [3.8, 4) is 0 Å². The number of carboxylic acids is 1. The van der Waals surface area contributed by atoms with Crippen molar-refractivity contribution < 1.29 is 27.9 Å². The predicted octanol–water partition coefficient (Wildman–Crippen LogP) is 48.1.